The second-order valence-corrected chi connectivity index (χ2v) is 5.74. The molecule has 0 fully saturated rings. The van der Waals surface area contributed by atoms with E-state index in [1.165, 1.54) is 6.07 Å². The summed E-state index contributed by atoms with van der Waals surface area (Å²) in [4.78, 5) is 0. The fraction of sp³-hybridized carbons (Fsp3) is 0.143. The van der Waals surface area contributed by atoms with Crippen molar-refractivity contribution in [2.24, 2.45) is 5.73 Å². The first-order valence-corrected chi connectivity index (χ1v) is 8.16. The first-order chi connectivity index (χ1) is 12.2. The highest BCUT2D eigenvalue weighted by atomic mass is 35.5. The number of nitrogens with two attached hydrogens (primary N) is 1. The Labute approximate surface area is 159 Å². The molecule has 0 aliphatic heterocycles. The molecule has 0 saturated heterocycles. The molecule has 5 heteroatoms. The van der Waals surface area contributed by atoms with Gasteiger partial charge in [-0.3, -0.25) is 0 Å². The number of hydrogen-bond acceptors (Lipinski definition) is 3. The molecule has 0 aliphatic rings. The van der Waals surface area contributed by atoms with Crippen LogP contribution in [0.1, 0.15) is 5.56 Å². The monoisotopic (exact) mass is 373 g/mol. The number of rotatable bonds is 7. The molecular weight excluding hydrogens is 353 g/mol. The van der Waals surface area contributed by atoms with E-state index in [2.05, 4.69) is 0 Å². The van der Waals surface area contributed by atoms with Gasteiger partial charge in [-0.1, -0.05) is 54.6 Å². The molecule has 0 spiro atoms. The SMILES string of the molecule is Cl.N[C@H](COc1cccc(F)c1Oc1ccccc1)Cc1ccccc1. The smallest absolute Gasteiger partial charge is 0.204 e. The summed E-state index contributed by atoms with van der Waals surface area (Å²) >= 11 is 0. The van der Waals surface area contributed by atoms with E-state index in [9.17, 15) is 4.39 Å². The first kappa shape index (κ1) is 19.8. The molecule has 2 N–H and O–H groups in total. The summed E-state index contributed by atoms with van der Waals surface area (Å²) in [6, 6.07) is 23.4. The molecule has 0 radical (unpaired) electrons. The molecule has 136 valence electrons. The lowest BCUT2D eigenvalue weighted by molar-refractivity contribution is 0.272. The van der Waals surface area contributed by atoms with Crippen molar-refractivity contribution in [1.29, 1.82) is 0 Å². The summed E-state index contributed by atoms with van der Waals surface area (Å²) in [5.41, 5.74) is 7.27. The van der Waals surface area contributed by atoms with Crippen LogP contribution in [0.5, 0.6) is 17.2 Å². The number of hydrogen-bond donors (Lipinski definition) is 1. The molecule has 3 rings (SSSR count). The average molecular weight is 374 g/mol. The van der Waals surface area contributed by atoms with Crippen LogP contribution in [0.25, 0.3) is 0 Å². The minimum Gasteiger partial charge on any atom is -0.488 e. The summed E-state index contributed by atoms with van der Waals surface area (Å²) in [6.07, 6.45) is 0.686. The van der Waals surface area contributed by atoms with E-state index in [0.29, 0.717) is 17.9 Å². The Morgan fingerprint density at radius 2 is 1.50 bits per heavy atom. The fourth-order valence-corrected chi connectivity index (χ4v) is 2.48. The molecule has 3 nitrogen and oxygen atoms in total. The van der Waals surface area contributed by atoms with Crippen molar-refractivity contribution in [2.45, 2.75) is 12.5 Å². The van der Waals surface area contributed by atoms with E-state index in [4.69, 9.17) is 15.2 Å². The van der Waals surface area contributed by atoms with Crippen molar-refractivity contribution in [1.82, 2.24) is 0 Å². The highest BCUT2D eigenvalue weighted by molar-refractivity contribution is 5.85. The third-order valence-corrected chi connectivity index (χ3v) is 3.69. The van der Waals surface area contributed by atoms with E-state index in [1.54, 1.807) is 24.3 Å². The minimum absolute atomic E-state index is 0. The third-order valence-electron chi connectivity index (χ3n) is 3.69. The van der Waals surface area contributed by atoms with Gasteiger partial charge in [-0.05, 0) is 36.2 Å². The number of para-hydroxylation sites is 2. The zero-order chi connectivity index (χ0) is 17.5. The maximum Gasteiger partial charge on any atom is 0.204 e. The molecule has 0 heterocycles. The topological polar surface area (TPSA) is 44.5 Å². The molecule has 3 aromatic carbocycles. The van der Waals surface area contributed by atoms with Gasteiger partial charge in [-0.25, -0.2) is 4.39 Å². The Morgan fingerprint density at radius 1 is 0.846 bits per heavy atom. The van der Waals surface area contributed by atoms with E-state index in [1.807, 2.05) is 48.5 Å². The predicted octanol–water partition coefficient (Wildman–Crippen LogP) is 4.99. The van der Waals surface area contributed by atoms with Gasteiger partial charge in [0.1, 0.15) is 12.4 Å². The highest BCUT2D eigenvalue weighted by Gasteiger charge is 2.14. The summed E-state index contributed by atoms with van der Waals surface area (Å²) in [6.45, 7) is 0.267. The van der Waals surface area contributed by atoms with Gasteiger partial charge >= 0.3 is 0 Å². The van der Waals surface area contributed by atoms with Crippen LogP contribution in [0.15, 0.2) is 78.9 Å². The summed E-state index contributed by atoms with van der Waals surface area (Å²) in [5.74, 6) is 0.483. The van der Waals surface area contributed by atoms with Crippen molar-refractivity contribution >= 4 is 12.4 Å². The molecule has 0 bridgehead atoms. The number of ether oxygens (including phenoxy) is 2. The maximum atomic E-state index is 14.2. The van der Waals surface area contributed by atoms with Crippen molar-refractivity contribution in [3.63, 3.8) is 0 Å². The number of halogens is 2. The third kappa shape index (κ3) is 5.48. The lowest BCUT2D eigenvalue weighted by Crippen LogP contribution is -2.30. The van der Waals surface area contributed by atoms with Gasteiger partial charge in [0.15, 0.2) is 11.6 Å². The predicted molar refractivity (Wildman–Crippen MR) is 104 cm³/mol. The molecule has 1 atom stereocenters. The molecule has 3 aromatic rings. The van der Waals surface area contributed by atoms with Gasteiger partial charge in [0.25, 0.3) is 0 Å². The normalized spacial score (nSPS) is 11.3. The standard InChI is InChI=1S/C21H20FNO2.ClH/c22-19-12-7-13-20(21(19)25-18-10-5-2-6-11-18)24-15-17(23)14-16-8-3-1-4-9-16;/h1-13,17H,14-15,23H2;1H/t17-;/m0./s1. The van der Waals surface area contributed by atoms with Crippen LogP contribution >= 0.6 is 12.4 Å². The largest absolute Gasteiger partial charge is 0.488 e. The number of benzene rings is 3. The zero-order valence-electron chi connectivity index (χ0n) is 14.2. The van der Waals surface area contributed by atoms with Gasteiger partial charge in [-0.15, -0.1) is 12.4 Å². The van der Waals surface area contributed by atoms with Gasteiger partial charge in [0, 0.05) is 6.04 Å². The van der Waals surface area contributed by atoms with Crippen LogP contribution in [0.4, 0.5) is 4.39 Å². The molecule has 0 saturated carbocycles. The van der Waals surface area contributed by atoms with E-state index in [-0.39, 0.29) is 30.8 Å². The van der Waals surface area contributed by atoms with Gasteiger partial charge in [0.2, 0.25) is 5.75 Å². The van der Waals surface area contributed by atoms with Crippen molar-refractivity contribution < 1.29 is 13.9 Å². The summed E-state index contributed by atoms with van der Waals surface area (Å²) < 4.78 is 25.6. The highest BCUT2D eigenvalue weighted by Crippen LogP contribution is 2.34. The van der Waals surface area contributed by atoms with E-state index in [0.717, 1.165) is 5.56 Å². The second kappa shape index (κ2) is 9.80. The Bertz CT molecular complexity index is 800. The average Bonchev–Trinajstić information content (AvgIpc) is 2.64. The van der Waals surface area contributed by atoms with Gasteiger partial charge in [0.05, 0.1) is 0 Å². The second-order valence-electron chi connectivity index (χ2n) is 5.74. The van der Waals surface area contributed by atoms with Crippen LogP contribution in [-0.2, 0) is 6.42 Å². The van der Waals surface area contributed by atoms with Gasteiger partial charge in [-0.2, -0.15) is 0 Å². The summed E-state index contributed by atoms with van der Waals surface area (Å²) in [5, 5.41) is 0. The van der Waals surface area contributed by atoms with Crippen LogP contribution in [-0.4, -0.2) is 12.6 Å². The van der Waals surface area contributed by atoms with Crippen molar-refractivity contribution in [3.05, 3.63) is 90.2 Å². The molecule has 26 heavy (non-hydrogen) atoms. The molecule has 0 aromatic heterocycles. The van der Waals surface area contributed by atoms with Crippen LogP contribution in [0.3, 0.4) is 0 Å². The summed E-state index contributed by atoms with van der Waals surface area (Å²) in [7, 11) is 0. The Balaban J connectivity index is 0.00000243. The van der Waals surface area contributed by atoms with Crippen LogP contribution in [0.2, 0.25) is 0 Å². The Morgan fingerprint density at radius 3 is 2.19 bits per heavy atom. The molecular formula is C21H21ClFNO2. The lowest BCUT2D eigenvalue weighted by Gasteiger charge is -2.16. The fourth-order valence-electron chi connectivity index (χ4n) is 2.48. The quantitative estimate of drug-likeness (QED) is 0.634. The van der Waals surface area contributed by atoms with Crippen LogP contribution in [0, 0.1) is 5.82 Å². The van der Waals surface area contributed by atoms with Crippen molar-refractivity contribution in [2.75, 3.05) is 6.61 Å². The minimum atomic E-state index is -0.474. The zero-order valence-corrected chi connectivity index (χ0v) is 15.0. The lowest BCUT2D eigenvalue weighted by atomic mass is 10.1. The van der Waals surface area contributed by atoms with Crippen LogP contribution < -0.4 is 15.2 Å². The Kier molecular flexibility index (Phi) is 7.45. The maximum absolute atomic E-state index is 14.2. The van der Waals surface area contributed by atoms with E-state index >= 15 is 0 Å². The molecule has 0 amide bonds. The van der Waals surface area contributed by atoms with E-state index < -0.39 is 5.82 Å². The Hall–Kier alpha value is -2.56. The first-order valence-electron chi connectivity index (χ1n) is 8.16. The molecule has 0 aliphatic carbocycles. The molecule has 0 unspecified atom stereocenters. The van der Waals surface area contributed by atoms with Gasteiger partial charge < -0.3 is 15.2 Å². The van der Waals surface area contributed by atoms with Crippen molar-refractivity contribution in [3.8, 4) is 17.2 Å².